The fourth-order valence-electron chi connectivity index (χ4n) is 3.29. The molecule has 0 radical (unpaired) electrons. The molecule has 0 aliphatic heterocycles. The Kier molecular flexibility index (Phi) is 6.73. The lowest BCUT2D eigenvalue weighted by Crippen LogP contribution is -2.12. The maximum Gasteiger partial charge on any atom is 0.338 e. The summed E-state index contributed by atoms with van der Waals surface area (Å²) in [5.74, 6) is -1.49. The van der Waals surface area contributed by atoms with Crippen LogP contribution in [0.5, 0.6) is 11.5 Å². The normalized spacial score (nSPS) is 14.1. The van der Waals surface area contributed by atoms with Gasteiger partial charge in [0.1, 0.15) is 6.10 Å². The number of hydrogen-bond acceptors (Lipinski definition) is 6. The second-order valence-electron chi connectivity index (χ2n) is 7.58. The van der Waals surface area contributed by atoms with Crippen molar-refractivity contribution in [3.8, 4) is 22.6 Å². The predicted molar refractivity (Wildman–Crippen MR) is 120 cm³/mol. The summed E-state index contributed by atoms with van der Waals surface area (Å²) in [5, 5.41) is 0. The first-order valence-electron chi connectivity index (χ1n) is 10.0. The third-order valence-electron chi connectivity index (χ3n) is 4.97. The number of rotatable bonds is 7. The quantitative estimate of drug-likeness (QED) is 0.347. The fraction of sp³-hybridized carbons (Fsp3) is 0.192. The second-order valence-corrected chi connectivity index (χ2v) is 7.58. The molecule has 0 heterocycles. The highest BCUT2D eigenvalue weighted by molar-refractivity contribution is 5.91. The Bertz CT molecular complexity index is 1140. The maximum atomic E-state index is 12.1. The summed E-state index contributed by atoms with van der Waals surface area (Å²) in [6, 6.07) is 10.8. The van der Waals surface area contributed by atoms with Crippen LogP contribution >= 0.6 is 0 Å². The average molecular weight is 432 g/mol. The summed E-state index contributed by atoms with van der Waals surface area (Å²) in [4.78, 5) is 35.6. The Morgan fingerprint density at radius 2 is 1.50 bits per heavy atom. The third-order valence-corrected chi connectivity index (χ3v) is 4.97. The standard InChI is InChI=1S/C26H24O6/c1-6-24(27)30-21-11-9-19-13-17(7-10-20(19)21)18-8-12-22(31-25(28)15(2)3)23(14-18)32-26(29)16(4)5/h6-8,10,12-14,21H,1-2,4,9,11H2,3,5H3. The zero-order chi connectivity index (χ0) is 23.4. The highest BCUT2D eigenvalue weighted by Crippen LogP contribution is 2.38. The second kappa shape index (κ2) is 9.47. The van der Waals surface area contributed by atoms with E-state index >= 15 is 0 Å². The van der Waals surface area contributed by atoms with E-state index in [4.69, 9.17) is 14.2 Å². The molecule has 1 atom stereocenters. The molecule has 164 valence electrons. The number of fused-ring (bicyclic) bond motifs is 1. The van der Waals surface area contributed by atoms with Crippen molar-refractivity contribution in [1.29, 1.82) is 0 Å². The van der Waals surface area contributed by atoms with E-state index in [0.29, 0.717) is 6.42 Å². The molecule has 0 saturated heterocycles. The van der Waals surface area contributed by atoms with Crippen molar-refractivity contribution in [2.24, 2.45) is 0 Å². The molecule has 0 bridgehead atoms. The zero-order valence-corrected chi connectivity index (χ0v) is 18.1. The van der Waals surface area contributed by atoms with Gasteiger partial charge in [0.15, 0.2) is 11.5 Å². The van der Waals surface area contributed by atoms with Crippen LogP contribution in [0.4, 0.5) is 0 Å². The summed E-state index contributed by atoms with van der Waals surface area (Å²) < 4.78 is 16.1. The van der Waals surface area contributed by atoms with Crippen LogP contribution in [-0.4, -0.2) is 17.9 Å². The molecule has 6 nitrogen and oxygen atoms in total. The van der Waals surface area contributed by atoms with Gasteiger partial charge in [-0.1, -0.05) is 44.0 Å². The van der Waals surface area contributed by atoms with Gasteiger partial charge in [-0.25, -0.2) is 14.4 Å². The lowest BCUT2D eigenvalue weighted by Gasteiger charge is -2.14. The Balaban J connectivity index is 1.94. The lowest BCUT2D eigenvalue weighted by molar-refractivity contribution is -0.143. The zero-order valence-electron chi connectivity index (χ0n) is 18.1. The van der Waals surface area contributed by atoms with E-state index in [1.807, 2.05) is 18.2 Å². The van der Waals surface area contributed by atoms with Gasteiger partial charge in [-0.05, 0) is 61.1 Å². The third kappa shape index (κ3) is 5.03. The van der Waals surface area contributed by atoms with Gasteiger partial charge in [0, 0.05) is 17.2 Å². The van der Waals surface area contributed by atoms with Crippen molar-refractivity contribution in [2.75, 3.05) is 0 Å². The van der Waals surface area contributed by atoms with Gasteiger partial charge in [0.2, 0.25) is 0 Å². The van der Waals surface area contributed by atoms with Crippen LogP contribution in [0.15, 0.2) is 73.4 Å². The fourth-order valence-corrected chi connectivity index (χ4v) is 3.29. The molecular weight excluding hydrogens is 408 g/mol. The Morgan fingerprint density at radius 3 is 2.12 bits per heavy atom. The molecule has 1 aliphatic carbocycles. The molecule has 0 aromatic heterocycles. The summed E-state index contributed by atoms with van der Waals surface area (Å²) in [6.07, 6.45) is 2.34. The molecule has 32 heavy (non-hydrogen) atoms. The van der Waals surface area contributed by atoms with Gasteiger partial charge in [-0.2, -0.15) is 0 Å². The summed E-state index contributed by atoms with van der Waals surface area (Å²) >= 11 is 0. The highest BCUT2D eigenvalue weighted by Gasteiger charge is 2.25. The smallest absolute Gasteiger partial charge is 0.338 e. The van der Waals surface area contributed by atoms with E-state index in [0.717, 1.165) is 34.8 Å². The van der Waals surface area contributed by atoms with Gasteiger partial charge in [-0.15, -0.1) is 0 Å². The molecule has 2 aromatic carbocycles. The first kappa shape index (κ1) is 22.7. The van der Waals surface area contributed by atoms with Crippen LogP contribution in [0, 0.1) is 0 Å². The topological polar surface area (TPSA) is 78.9 Å². The van der Waals surface area contributed by atoms with E-state index < -0.39 is 17.9 Å². The van der Waals surface area contributed by atoms with Crippen LogP contribution in [0.25, 0.3) is 11.1 Å². The molecule has 0 amide bonds. The molecule has 0 spiro atoms. The number of benzene rings is 2. The molecule has 0 N–H and O–H groups in total. The van der Waals surface area contributed by atoms with Gasteiger partial charge in [0.05, 0.1) is 0 Å². The largest absolute Gasteiger partial charge is 0.454 e. The number of aryl methyl sites for hydroxylation is 1. The lowest BCUT2D eigenvalue weighted by atomic mass is 10.00. The number of ether oxygens (including phenoxy) is 3. The number of carbonyl (C=O) groups is 3. The molecule has 2 aromatic rings. The summed E-state index contributed by atoms with van der Waals surface area (Å²) in [7, 11) is 0. The SMILES string of the molecule is C=CC(=O)OC1CCc2cc(-c3ccc(OC(=O)C(=C)C)c(OC(=O)C(=C)C)c3)ccc21. The van der Waals surface area contributed by atoms with Gasteiger partial charge < -0.3 is 14.2 Å². The molecule has 0 fully saturated rings. The molecular formula is C26H24O6. The predicted octanol–water partition coefficient (Wildman–Crippen LogP) is 5.03. The van der Waals surface area contributed by atoms with E-state index in [9.17, 15) is 14.4 Å². The van der Waals surface area contributed by atoms with E-state index in [-0.39, 0.29) is 28.7 Å². The minimum absolute atomic E-state index is 0.100. The van der Waals surface area contributed by atoms with E-state index in [1.165, 1.54) is 13.8 Å². The number of hydrogen-bond donors (Lipinski definition) is 0. The van der Waals surface area contributed by atoms with Gasteiger partial charge >= 0.3 is 17.9 Å². The molecule has 1 aliphatic rings. The van der Waals surface area contributed by atoms with Gasteiger partial charge in [-0.3, -0.25) is 0 Å². The van der Waals surface area contributed by atoms with Crippen molar-refractivity contribution in [3.05, 3.63) is 84.5 Å². The Hall–Kier alpha value is -3.93. The monoisotopic (exact) mass is 432 g/mol. The average Bonchev–Trinajstić information content (AvgIpc) is 3.16. The first-order chi connectivity index (χ1) is 15.2. The minimum atomic E-state index is -0.629. The van der Waals surface area contributed by atoms with Crippen LogP contribution in [-0.2, 0) is 25.5 Å². The van der Waals surface area contributed by atoms with Crippen molar-refractivity contribution in [1.82, 2.24) is 0 Å². The Morgan fingerprint density at radius 1 is 0.906 bits per heavy atom. The van der Waals surface area contributed by atoms with Crippen LogP contribution in [0.2, 0.25) is 0 Å². The number of esters is 3. The highest BCUT2D eigenvalue weighted by atomic mass is 16.6. The van der Waals surface area contributed by atoms with Crippen molar-refractivity contribution < 1.29 is 28.6 Å². The van der Waals surface area contributed by atoms with Crippen LogP contribution in [0.1, 0.15) is 37.5 Å². The van der Waals surface area contributed by atoms with Crippen LogP contribution < -0.4 is 9.47 Å². The van der Waals surface area contributed by atoms with Crippen molar-refractivity contribution >= 4 is 17.9 Å². The van der Waals surface area contributed by atoms with Crippen molar-refractivity contribution in [3.63, 3.8) is 0 Å². The van der Waals surface area contributed by atoms with E-state index in [2.05, 4.69) is 19.7 Å². The van der Waals surface area contributed by atoms with Crippen molar-refractivity contribution in [2.45, 2.75) is 32.8 Å². The van der Waals surface area contributed by atoms with Crippen LogP contribution in [0.3, 0.4) is 0 Å². The Labute approximate surface area is 186 Å². The molecule has 6 heteroatoms. The summed E-state index contributed by atoms with van der Waals surface area (Å²) in [5.41, 5.74) is 4.11. The summed E-state index contributed by atoms with van der Waals surface area (Å²) in [6.45, 7) is 13.6. The first-order valence-corrected chi connectivity index (χ1v) is 10.0. The minimum Gasteiger partial charge on any atom is -0.454 e. The van der Waals surface area contributed by atoms with E-state index in [1.54, 1.807) is 18.2 Å². The van der Waals surface area contributed by atoms with Gasteiger partial charge in [0.25, 0.3) is 0 Å². The molecule has 1 unspecified atom stereocenters. The molecule has 3 rings (SSSR count). The number of carbonyl (C=O) groups excluding carboxylic acids is 3. The molecule has 0 saturated carbocycles. The maximum absolute atomic E-state index is 12.1.